The molecule has 1 unspecified atom stereocenters. The van der Waals surface area contributed by atoms with Gasteiger partial charge in [-0.3, -0.25) is 0 Å². The Labute approximate surface area is 119 Å². The summed E-state index contributed by atoms with van der Waals surface area (Å²) >= 11 is 0. The highest BCUT2D eigenvalue weighted by atomic mass is 16.5. The van der Waals surface area contributed by atoms with Gasteiger partial charge in [-0.15, -0.1) is 0 Å². The average Bonchev–Trinajstić information content (AvgIpc) is 3.07. The smallest absolute Gasteiger partial charge is 0.144 e. The summed E-state index contributed by atoms with van der Waals surface area (Å²) < 4.78 is 7.47. The Kier molecular flexibility index (Phi) is 3.49. The van der Waals surface area contributed by atoms with E-state index >= 15 is 0 Å². The molecule has 20 heavy (non-hydrogen) atoms. The Balaban J connectivity index is 2.09. The van der Waals surface area contributed by atoms with Crippen LogP contribution in [0.1, 0.15) is 29.3 Å². The molecular weight excluding hydrogens is 250 g/mol. The molecule has 2 heterocycles. The maximum absolute atomic E-state index is 5.46. The first kappa shape index (κ1) is 13.2. The number of rotatable bonds is 3. The topological polar surface area (TPSA) is 39.1 Å². The van der Waals surface area contributed by atoms with Crippen molar-refractivity contribution in [1.82, 2.24) is 15.1 Å². The predicted octanol–water partition coefficient (Wildman–Crippen LogP) is 2.57. The third-order valence-corrected chi connectivity index (χ3v) is 4.13. The van der Waals surface area contributed by atoms with Crippen molar-refractivity contribution in [2.45, 2.75) is 26.2 Å². The first-order valence-corrected chi connectivity index (χ1v) is 7.12. The quantitative estimate of drug-likeness (QED) is 0.932. The lowest BCUT2D eigenvalue weighted by atomic mass is 9.96. The van der Waals surface area contributed by atoms with Gasteiger partial charge in [-0.05, 0) is 38.9 Å². The van der Waals surface area contributed by atoms with E-state index in [2.05, 4.69) is 25.2 Å². The minimum Gasteiger partial charge on any atom is -0.494 e. The maximum Gasteiger partial charge on any atom is 0.144 e. The zero-order chi connectivity index (χ0) is 14.1. The highest BCUT2D eigenvalue weighted by Gasteiger charge is 2.24. The number of aryl methyl sites for hydroxylation is 1. The fraction of sp³-hybridized carbons (Fsp3) is 0.438. The lowest BCUT2D eigenvalue weighted by Gasteiger charge is -2.12. The van der Waals surface area contributed by atoms with Crippen molar-refractivity contribution in [2.24, 2.45) is 0 Å². The van der Waals surface area contributed by atoms with E-state index < -0.39 is 0 Å². The van der Waals surface area contributed by atoms with Crippen molar-refractivity contribution in [2.75, 3.05) is 20.2 Å². The standard InChI is InChI=1S/C16H21N3O/c1-11-16(13-8-9-17-10-13)12(2)19(18-11)14-6-4-5-7-15(14)20-3/h4-7,13,17H,8-10H2,1-3H3. The molecule has 1 saturated heterocycles. The van der Waals surface area contributed by atoms with Gasteiger partial charge in [0.2, 0.25) is 0 Å². The molecule has 0 bridgehead atoms. The summed E-state index contributed by atoms with van der Waals surface area (Å²) in [6, 6.07) is 8.03. The second-order valence-corrected chi connectivity index (χ2v) is 5.36. The molecule has 4 nitrogen and oxygen atoms in total. The SMILES string of the molecule is COc1ccccc1-n1nc(C)c(C2CCNC2)c1C. The highest BCUT2D eigenvalue weighted by molar-refractivity contribution is 5.48. The van der Waals surface area contributed by atoms with E-state index in [1.54, 1.807) is 7.11 Å². The first-order chi connectivity index (χ1) is 9.72. The molecule has 3 rings (SSSR count). The minimum absolute atomic E-state index is 0.582. The third-order valence-electron chi connectivity index (χ3n) is 4.13. The van der Waals surface area contributed by atoms with Gasteiger partial charge < -0.3 is 10.1 Å². The van der Waals surface area contributed by atoms with Gasteiger partial charge in [-0.25, -0.2) is 4.68 Å². The van der Waals surface area contributed by atoms with Crippen LogP contribution in [-0.2, 0) is 0 Å². The van der Waals surface area contributed by atoms with Crippen molar-refractivity contribution in [3.05, 3.63) is 41.2 Å². The minimum atomic E-state index is 0.582. The van der Waals surface area contributed by atoms with E-state index in [1.807, 2.05) is 22.9 Å². The van der Waals surface area contributed by atoms with Crippen molar-refractivity contribution < 1.29 is 4.74 Å². The average molecular weight is 271 g/mol. The van der Waals surface area contributed by atoms with Crippen molar-refractivity contribution in [1.29, 1.82) is 0 Å². The van der Waals surface area contributed by atoms with Gasteiger partial charge in [0.25, 0.3) is 0 Å². The molecule has 1 aliphatic heterocycles. The summed E-state index contributed by atoms with van der Waals surface area (Å²) in [5, 5.41) is 8.18. The molecule has 4 heteroatoms. The van der Waals surface area contributed by atoms with Gasteiger partial charge in [0.05, 0.1) is 12.8 Å². The summed E-state index contributed by atoms with van der Waals surface area (Å²) in [4.78, 5) is 0. The largest absolute Gasteiger partial charge is 0.494 e. The van der Waals surface area contributed by atoms with Crippen LogP contribution >= 0.6 is 0 Å². The van der Waals surface area contributed by atoms with E-state index in [1.165, 1.54) is 17.7 Å². The van der Waals surface area contributed by atoms with Crippen molar-refractivity contribution in [3.8, 4) is 11.4 Å². The molecule has 0 amide bonds. The summed E-state index contributed by atoms with van der Waals surface area (Å²) in [5.74, 6) is 1.44. The van der Waals surface area contributed by atoms with Crippen LogP contribution in [0.2, 0.25) is 0 Å². The van der Waals surface area contributed by atoms with Crippen molar-refractivity contribution in [3.63, 3.8) is 0 Å². The van der Waals surface area contributed by atoms with Crippen LogP contribution in [0, 0.1) is 13.8 Å². The second-order valence-electron chi connectivity index (χ2n) is 5.36. The van der Waals surface area contributed by atoms with Crippen LogP contribution in [0.3, 0.4) is 0 Å². The molecule has 1 aromatic heterocycles. The molecule has 1 aliphatic rings. The van der Waals surface area contributed by atoms with E-state index in [-0.39, 0.29) is 0 Å². The van der Waals surface area contributed by atoms with Crippen LogP contribution in [0.4, 0.5) is 0 Å². The zero-order valence-corrected chi connectivity index (χ0v) is 12.3. The fourth-order valence-electron chi connectivity index (χ4n) is 3.19. The molecule has 0 saturated carbocycles. The molecule has 1 fully saturated rings. The van der Waals surface area contributed by atoms with Crippen LogP contribution < -0.4 is 10.1 Å². The first-order valence-electron chi connectivity index (χ1n) is 7.12. The lowest BCUT2D eigenvalue weighted by molar-refractivity contribution is 0.411. The van der Waals surface area contributed by atoms with Gasteiger partial charge in [0, 0.05) is 23.7 Å². The van der Waals surface area contributed by atoms with Crippen LogP contribution in [0.5, 0.6) is 5.75 Å². The Morgan fingerprint density at radius 1 is 1.30 bits per heavy atom. The molecule has 106 valence electrons. The fourth-order valence-corrected chi connectivity index (χ4v) is 3.19. The molecule has 0 radical (unpaired) electrons. The van der Waals surface area contributed by atoms with Crippen LogP contribution in [0.25, 0.3) is 5.69 Å². The predicted molar refractivity (Wildman–Crippen MR) is 79.8 cm³/mol. The zero-order valence-electron chi connectivity index (χ0n) is 12.3. The van der Waals surface area contributed by atoms with Gasteiger partial charge in [0.1, 0.15) is 11.4 Å². The van der Waals surface area contributed by atoms with Crippen LogP contribution in [-0.4, -0.2) is 30.0 Å². The van der Waals surface area contributed by atoms with E-state index in [4.69, 9.17) is 9.84 Å². The van der Waals surface area contributed by atoms with E-state index in [9.17, 15) is 0 Å². The van der Waals surface area contributed by atoms with E-state index in [0.29, 0.717) is 5.92 Å². The lowest BCUT2D eigenvalue weighted by Crippen LogP contribution is -2.09. The van der Waals surface area contributed by atoms with Gasteiger partial charge in [0.15, 0.2) is 0 Å². The summed E-state index contributed by atoms with van der Waals surface area (Å²) in [6.45, 7) is 6.41. The highest BCUT2D eigenvalue weighted by Crippen LogP contribution is 2.31. The Morgan fingerprint density at radius 2 is 2.10 bits per heavy atom. The Hall–Kier alpha value is -1.81. The van der Waals surface area contributed by atoms with Gasteiger partial charge >= 0.3 is 0 Å². The number of nitrogens with zero attached hydrogens (tertiary/aromatic N) is 2. The molecule has 0 spiro atoms. The second kappa shape index (κ2) is 5.29. The number of hydrogen-bond acceptors (Lipinski definition) is 3. The number of para-hydroxylation sites is 2. The van der Waals surface area contributed by atoms with Crippen molar-refractivity contribution >= 4 is 0 Å². The molecule has 1 aromatic carbocycles. The summed E-state index contributed by atoms with van der Waals surface area (Å²) in [7, 11) is 1.70. The Bertz CT molecular complexity index is 612. The van der Waals surface area contributed by atoms with Gasteiger partial charge in [-0.2, -0.15) is 5.10 Å². The number of benzene rings is 1. The third kappa shape index (κ3) is 2.10. The molecular formula is C16H21N3O. The Morgan fingerprint density at radius 3 is 2.80 bits per heavy atom. The summed E-state index contributed by atoms with van der Waals surface area (Å²) in [5.41, 5.74) is 4.75. The summed E-state index contributed by atoms with van der Waals surface area (Å²) in [6.07, 6.45) is 1.19. The molecule has 0 aliphatic carbocycles. The molecule has 1 N–H and O–H groups in total. The maximum atomic E-state index is 5.46. The molecule has 1 atom stereocenters. The number of ether oxygens (including phenoxy) is 1. The van der Waals surface area contributed by atoms with E-state index in [0.717, 1.165) is 30.2 Å². The van der Waals surface area contributed by atoms with Crippen LogP contribution in [0.15, 0.2) is 24.3 Å². The monoisotopic (exact) mass is 271 g/mol. The number of methoxy groups -OCH3 is 1. The normalized spacial score (nSPS) is 18.4. The molecule has 2 aromatic rings. The number of aromatic nitrogens is 2. The number of hydrogen-bond donors (Lipinski definition) is 1. The number of nitrogens with one attached hydrogen (secondary N) is 1. The van der Waals surface area contributed by atoms with Gasteiger partial charge in [-0.1, -0.05) is 12.1 Å².